The van der Waals surface area contributed by atoms with Crippen molar-refractivity contribution < 1.29 is 9.53 Å². The lowest BCUT2D eigenvalue weighted by Gasteiger charge is -2.26. The third kappa shape index (κ3) is 5.17. The Hall–Kier alpha value is -1.73. The van der Waals surface area contributed by atoms with E-state index in [4.69, 9.17) is 16.3 Å². The number of piperidine rings is 1. The molecule has 1 aliphatic heterocycles. The molecule has 0 radical (unpaired) electrons. The normalized spacial score (nSPS) is 14.4. The predicted molar refractivity (Wildman–Crippen MR) is 107 cm³/mol. The molecule has 1 aromatic heterocycles. The first kappa shape index (κ1) is 20.0. The number of carbonyl (C=O) groups excluding carboxylic acids is 1. The van der Waals surface area contributed by atoms with Gasteiger partial charge in [-0.1, -0.05) is 23.4 Å². The van der Waals surface area contributed by atoms with Gasteiger partial charge in [-0.3, -0.25) is 4.79 Å². The second kappa shape index (κ2) is 9.46. The maximum absolute atomic E-state index is 12.4. The molecule has 1 saturated heterocycles. The first-order valence-corrected chi connectivity index (χ1v) is 10.7. The second-order valence-electron chi connectivity index (χ2n) is 6.57. The van der Waals surface area contributed by atoms with E-state index in [1.165, 1.54) is 18.2 Å². The summed E-state index contributed by atoms with van der Waals surface area (Å²) in [6.45, 7) is 6.78. The molecule has 6 nitrogen and oxygen atoms in total. The van der Waals surface area contributed by atoms with Crippen molar-refractivity contribution in [2.45, 2.75) is 51.4 Å². The largest absolute Gasteiger partial charge is 0.486 e. The van der Waals surface area contributed by atoms with Crippen LogP contribution in [0.2, 0.25) is 5.02 Å². The molecular weight excluding hydrogens is 384 g/mol. The summed E-state index contributed by atoms with van der Waals surface area (Å²) in [6.07, 6.45) is 3.43. The number of aryl methyl sites for hydroxylation is 1. The summed E-state index contributed by atoms with van der Waals surface area (Å²) in [6, 6.07) is 5.57. The summed E-state index contributed by atoms with van der Waals surface area (Å²) in [7, 11) is 0. The van der Waals surface area contributed by atoms with Crippen molar-refractivity contribution in [3.05, 3.63) is 34.6 Å². The van der Waals surface area contributed by atoms with E-state index < -0.39 is 0 Å². The molecule has 0 spiro atoms. The van der Waals surface area contributed by atoms with E-state index in [2.05, 4.69) is 10.2 Å². The molecule has 0 atom stereocenters. The molecule has 0 unspecified atom stereocenters. The number of nitrogens with zero attached hydrogens (tertiary/aromatic N) is 4. The minimum Gasteiger partial charge on any atom is -0.486 e. The molecule has 1 amide bonds. The van der Waals surface area contributed by atoms with Gasteiger partial charge < -0.3 is 14.2 Å². The summed E-state index contributed by atoms with van der Waals surface area (Å²) in [4.78, 5) is 14.3. The van der Waals surface area contributed by atoms with Gasteiger partial charge in [0.25, 0.3) is 0 Å². The van der Waals surface area contributed by atoms with Crippen LogP contribution in [0.15, 0.2) is 23.4 Å². The number of likely N-dealkylation sites (tertiary alicyclic amines) is 1. The molecule has 0 aliphatic carbocycles. The van der Waals surface area contributed by atoms with Gasteiger partial charge >= 0.3 is 0 Å². The molecule has 1 aliphatic rings. The third-order valence-corrected chi connectivity index (χ3v) is 6.02. The van der Waals surface area contributed by atoms with Crippen LogP contribution in [0.25, 0.3) is 0 Å². The number of halogens is 1. The monoisotopic (exact) mass is 408 g/mol. The van der Waals surface area contributed by atoms with Gasteiger partial charge in [0, 0.05) is 24.7 Å². The number of thioether (sulfide) groups is 1. The Morgan fingerprint density at radius 3 is 2.74 bits per heavy atom. The quantitative estimate of drug-likeness (QED) is 0.649. The summed E-state index contributed by atoms with van der Waals surface area (Å²) in [5.74, 6) is 2.07. The zero-order valence-electron chi connectivity index (χ0n) is 15.8. The van der Waals surface area contributed by atoms with E-state index in [-0.39, 0.29) is 5.91 Å². The van der Waals surface area contributed by atoms with Crippen molar-refractivity contribution in [2.24, 2.45) is 0 Å². The van der Waals surface area contributed by atoms with Crippen LogP contribution in [-0.2, 0) is 17.9 Å². The fraction of sp³-hybridized carbons (Fsp3) is 0.526. The number of hydrogen-bond donors (Lipinski definition) is 0. The van der Waals surface area contributed by atoms with Crippen LogP contribution >= 0.6 is 23.4 Å². The highest BCUT2D eigenvalue weighted by atomic mass is 35.5. The van der Waals surface area contributed by atoms with Gasteiger partial charge in [-0.15, -0.1) is 10.2 Å². The fourth-order valence-electron chi connectivity index (χ4n) is 3.07. The van der Waals surface area contributed by atoms with Crippen molar-refractivity contribution in [3.8, 4) is 5.75 Å². The SMILES string of the molecule is CCn1c(COc2ccc(Cl)c(C)c2)nnc1SCC(=O)N1CCCCC1. The topological polar surface area (TPSA) is 60.2 Å². The zero-order chi connectivity index (χ0) is 19.2. The van der Waals surface area contributed by atoms with E-state index in [0.29, 0.717) is 12.4 Å². The number of benzene rings is 1. The highest BCUT2D eigenvalue weighted by Gasteiger charge is 2.19. The zero-order valence-corrected chi connectivity index (χ0v) is 17.4. The number of aromatic nitrogens is 3. The van der Waals surface area contributed by atoms with E-state index in [9.17, 15) is 4.79 Å². The molecular formula is C19H25ClN4O2S. The Balaban J connectivity index is 1.58. The number of carbonyl (C=O) groups is 1. The predicted octanol–water partition coefficient (Wildman–Crippen LogP) is 3.94. The molecule has 27 heavy (non-hydrogen) atoms. The summed E-state index contributed by atoms with van der Waals surface area (Å²) in [5, 5.41) is 9.98. The lowest BCUT2D eigenvalue weighted by atomic mass is 10.1. The Bertz CT molecular complexity index is 790. The highest BCUT2D eigenvalue weighted by molar-refractivity contribution is 7.99. The summed E-state index contributed by atoms with van der Waals surface area (Å²) < 4.78 is 7.84. The maximum atomic E-state index is 12.4. The van der Waals surface area contributed by atoms with Crippen LogP contribution in [0.3, 0.4) is 0 Å². The smallest absolute Gasteiger partial charge is 0.233 e. The third-order valence-electron chi connectivity index (χ3n) is 4.64. The molecule has 0 saturated carbocycles. The minimum absolute atomic E-state index is 0.180. The lowest BCUT2D eigenvalue weighted by Crippen LogP contribution is -2.36. The Labute approximate surface area is 169 Å². The fourth-order valence-corrected chi connectivity index (χ4v) is 4.11. The Morgan fingerprint density at radius 1 is 1.26 bits per heavy atom. The van der Waals surface area contributed by atoms with Crippen LogP contribution in [0.1, 0.15) is 37.6 Å². The molecule has 1 aromatic carbocycles. The van der Waals surface area contributed by atoms with Crippen molar-refractivity contribution in [3.63, 3.8) is 0 Å². The highest BCUT2D eigenvalue weighted by Crippen LogP contribution is 2.23. The van der Waals surface area contributed by atoms with E-state index in [1.807, 2.05) is 41.5 Å². The van der Waals surface area contributed by atoms with Crippen LogP contribution in [0.5, 0.6) is 5.75 Å². The molecule has 8 heteroatoms. The average Bonchev–Trinajstić information content (AvgIpc) is 3.09. The summed E-state index contributed by atoms with van der Waals surface area (Å²) >= 11 is 7.49. The van der Waals surface area contributed by atoms with Gasteiger partial charge in [-0.05, 0) is 56.9 Å². The van der Waals surface area contributed by atoms with Crippen molar-refractivity contribution in [1.29, 1.82) is 0 Å². The van der Waals surface area contributed by atoms with E-state index in [1.54, 1.807) is 0 Å². The number of rotatable bonds is 7. The molecule has 3 rings (SSSR count). The minimum atomic E-state index is 0.180. The van der Waals surface area contributed by atoms with Crippen LogP contribution in [0, 0.1) is 6.92 Å². The number of amides is 1. The van der Waals surface area contributed by atoms with Gasteiger partial charge in [0.05, 0.1) is 5.75 Å². The molecule has 2 heterocycles. The van der Waals surface area contributed by atoms with Crippen molar-refractivity contribution >= 4 is 29.3 Å². The van der Waals surface area contributed by atoms with Gasteiger partial charge in [-0.2, -0.15) is 0 Å². The van der Waals surface area contributed by atoms with Gasteiger partial charge in [-0.25, -0.2) is 0 Å². The molecule has 0 N–H and O–H groups in total. The Morgan fingerprint density at radius 2 is 2.04 bits per heavy atom. The average molecular weight is 409 g/mol. The maximum Gasteiger partial charge on any atom is 0.233 e. The van der Waals surface area contributed by atoms with Crippen LogP contribution in [0.4, 0.5) is 0 Å². The van der Waals surface area contributed by atoms with Gasteiger partial charge in [0.15, 0.2) is 11.0 Å². The van der Waals surface area contributed by atoms with E-state index in [0.717, 1.165) is 59.8 Å². The van der Waals surface area contributed by atoms with Gasteiger partial charge in [0.1, 0.15) is 12.4 Å². The number of hydrogen-bond acceptors (Lipinski definition) is 5. The molecule has 0 bridgehead atoms. The first-order chi connectivity index (χ1) is 13.1. The lowest BCUT2D eigenvalue weighted by molar-refractivity contribution is -0.129. The molecule has 146 valence electrons. The van der Waals surface area contributed by atoms with Crippen LogP contribution < -0.4 is 4.74 Å². The molecule has 1 fully saturated rings. The van der Waals surface area contributed by atoms with Crippen LogP contribution in [-0.4, -0.2) is 44.4 Å². The Kier molecular flexibility index (Phi) is 7.01. The second-order valence-corrected chi connectivity index (χ2v) is 7.92. The summed E-state index contributed by atoms with van der Waals surface area (Å²) in [5.41, 5.74) is 0.971. The first-order valence-electron chi connectivity index (χ1n) is 9.30. The van der Waals surface area contributed by atoms with Gasteiger partial charge in [0.2, 0.25) is 5.91 Å². The van der Waals surface area contributed by atoms with E-state index >= 15 is 0 Å². The molecule has 2 aromatic rings. The number of ether oxygens (including phenoxy) is 1. The van der Waals surface area contributed by atoms with Crippen molar-refractivity contribution in [1.82, 2.24) is 19.7 Å². The standard InChI is InChI=1S/C19H25ClN4O2S/c1-3-24-17(12-26-15-7-8-16(20)14(2)11-15)21-22-19(24)27-13-18(25)23-9-5-4-6-10-23/h7-8,11H,3-6,9-10,12-13H2,1-2H3. The van der Waals surface area contributed by atoms with Crippen molar-refractivity contribution in [2.75, 3.05) is 18.8 Å².